The summed E-state index contributed by atoms with van der Waals surface area (Å²) in [6.07, 6.45) is 0. The predicted octanol–water partition coefficient (Wildman–Crippen LogP) is 1.41. The van der Waals surface area contributed by atoms with Crippen LogP contribution in [-0.2, 0) is 0 Å². The summed E-state index contributed by atoms with van der Waals surface area (Å²) in [6.45, 7) is 3.61. The number of aryl methyl sites for hydroxylation is 2. The first-order valence-electron chi connectivity index (χ1n) is 6.03. The van der Waals surface area contributed by atoms with Crippen LogP contribution < -0.4 is 16.2 Å². The average molecular weight is 271 g/mol. The quantitative estimate of drug-likeness (QED) is 0.687. The van der Waals surface area contributed by atoms with Crippen LogP contribution in [0, 0.1) is 13.8 Å². The fourth-order valence-corrected chi connectivity index (χ4v) is 2.02. The van der Waals surface area contributed by atoms with E-state index in [1.54, 1.807) is 25.1 Å². The average Bonchev–Trinajstić information content (AvgIpc) is 2.75. The third kappa shape index (κ3) is 1.99. The van der Waals surface area contributed by atoms with Gasteiger partial charge in [0, 0.05) is 11.8 Å². The lowest BCUT2D eigenvalue weighted by atomic mass is 10.2. The van der Waals surface area contributed by atoms with E-state index in [0.717, 1.165) is 5.56 Å². The molecule has 0 saturated carbocycles. The maximum atomic E-state index is 11.5. The van der Waals surface area contributed by atoms with Gasteiger partial charge >= 0.3 is 5.69 Å². The van der Waals surface area contributed by atoms with Gasteiger partial charge in [0.05, 0.1) is 0 Å². The van der Waals surface area contributed by atoms with E-state index >= 15 is 0 Å². The van der Waals surface area contributed by atoms with Crippen LogP contribution in [0.2, 0.25) is 0 Å². The van der Waals surface area contributed by atoms with Crippen LogP contribution >= 0.6 is 0 Å². The summed E-state index contributed by atoms with van der Waals surface area (Å²) < 4.78 is 7.10. The van der Waals surface area contributed by atoms with Crippen molar-refractivity contribution in [1.29, 1.82) is 0 Å². The normalized spacial score (nSPS) is 10.9. The van der Waals surface area contributed by atoms with E-state index in [9.17, 15) is 4.79 Å². The second-order valence-electron chi connectivity index (χ2n) is 4.49. The molecule has 0 unspecified atom stereocenters. The summed E-state index contributed by atoms with van der Waals surface area (Å²) >= 11 is 0. The Hall–Kier alpha value is -2.83. The minimum Gasteiger partial charge on any atom is -0.439 e. The molecular formula is C13H13N5O2. The molecule has 0 spiro atoms. The van der Waals surface area contributed by atoms with E-state index in [1.807, 2.05) is 13.0 Å². The van der Waals surface area contributed by atoms with Gasteiger partial charge in [0.2, 0.25) is 5.88 Å². The Balaban J connectivity index is 2.04. The number of hydrogen-bond donors (Lipinski definition) is 2. The molecule has 7 heteroatoms. The molecule has 1 aromatic carbocycles. The fraction of sp³-hybridized carbons (Fsp3) is 0.154. The number of anilines is 1. The predicted molar refractivity (Wildman–Crippen MR) is 74.0 cm³/mol. The van der Waals surface area contributed by atoms with Crippen LogP contribution in [0.1, 0.15) is 11.4 Å². The largest absolute Gasteiger partial charge is 0.439 e. The number of nitrogens with one attached hydrogen (secondary N) is 1. The summed E-state index contributed by atoms with van der Waals surface area (Å²) in [5.74, 6) is 1.54. The van der Waals surface area contributed by atoms with Crippen LogP contribution in [0.25, 0.3) is 5.65 Å². The molecule has 0 atom stereocenters. The minimum atomic E-state index is -0.319. The molecule has 0 aliphatic heterocycles. The molecule has 2 heterocycles. The highest BCUT2D eigenvalue weighted by Crippen LogP contribution is 2.25. The summed E-state index contributed by atoms with van der Waals surface area (Å²) in [5, 5.41) is 6.28. The molecule has 102 valence electrons. The fourth-order valence-electron chi connectivity index (χ4n) is 2.02. The molecule has 3 rings (SSSR count). The van der Waals surface area contributed by atoms with Crippen molar-refractivity contribution in [3.8, 4) is 11.6 Å². The molecular weight excluding hydrogens is 258 g/mol. The minimum absolute atomic E-state index is 0.319. The number of aromatic nitrogens is 4. The standard InChI is InChI=1S/C13H13N5O2/c1-7-5-9(14)3-4-10(7)20-12-6-11-16-17-13(19)18(11)8(2)15-12/h3-6H,14H2,1-2H3,(H,17,19). The first-order chi connectivity index (χ1) is 9.54. The number of nitrogen functional groups attached to an aromatic ring is 1. The molecule has 0 aliphatic rings. The third-order valence-electron chi connectivity index (χ3n) is 2.96. The lowest BCUT2D eigenvalue weighted by molar-refractivity contribution is 0.456. The zero-order chi connectivity index (χ0) is 14.3. The number of aromatic amines is 1. The van der Waals surface area contributed by atoms with Gasteiger partial charge in [-0.1, -0.05) is 0 Å². The Bertz CT molecular complexity index is 850. The highest BCUT2D eigenvalue weighted by Gasteiger charge is 2.09. The number of rotatable bonds is 2. The van der Waals surface area contributed by atoms with E-state index in [4.69, 9.17) is 10.5 Å². The van der Waals surface area contributed by atoms with Crippen LogP contribution in [0.4, 0.5) is 5.69 Å². The van der Waals surface area contributed by atoms with Crippen molar-refractivity contribution in [1.82, 2.24) is 19.6 Å². The van der Waals surface area contributed by atoms with E-state index in [-0.39, 0.29) is 5.69 Å². The summed E-state index contributed by atoms with van der Waals surface area (Å²) in [6, 6.07) is 6.95. The van der Waals surface area contributed by atoms with Crippen molar-refractivity contribution in [3.05, 3.63) is 46.1 Å². The summed E-state index contributed by atoms with van der Waals surface area (Å²) in [5.41, 5.74) is 7.42. The topological polar surface area (TPSA) is 98.3 Å². The van der Waals surface area contributed by atoms with Gasteiger partial charge in [-0.2, -0.15) is 10.1 Å². The van der Waals surface area contributed by atoms with Crippen LogP contribution in [0.15, 0.2) is 29.1 Å². The number of hydrogen-bond acceptors (Lipinski definition) is 5. The molecule has 0 bridgehead atoms. The van der Waals surface area contributed by atoms with Gasteiger partial charge < -0.3 is 10.5 Å². The second-order valence-corrected chi connectivity index (χ2v) is 4.49. The summed E-state index contributed by atoms with van der Waals surface area (Å²) in [7, 11) is 0. The highest BCUT2D eigenvalue weighted by molar-refractivity contribution is 5.49. The second kappa shape index (κ2) is 4.37. The molecule has 0 amide bonds. The summed E-state index contributed by atoms with van der Waals surface area (Å²) in [4.78, 5) is 15.8. The Morgan fingerprint density at radius 2 is 2.10 bits per heavy atom. The van der Waals surface area contributed by atoms with E-state index in [2.05, 4.69) is 15.2 Å². The van der Waals surface area contributed by atoms with Crippen molar-refractivity contribution in [2.75, 3.05) is 5.73 Å². The number of fused-ring (bicyclic) bond motifs is 1. The van der Waals surface area contributed by atoms with Crippen molar-refractivity contribution >= 4 is 11.3 Å². The van der Waals surface area contributed by atoms with Gasteiger partial charge in [-0.25, -0.2) is 14.3 Å². The maximum absolute atomic E-state index is 11.5. The van der Waals surface area contributed by atoms with Crippen LogP contribution in [0.5, 0.6) is 11.6 Å². The number of nitrogens with zero attached hydrogens (tertiary/aromatic N) is 3. The SMILES string of the molecule is Cc1cc(N)ccc1Oc1cc2n[nH]c(=O)n2c(C)n1. The molecule has 0 fully saturated rings. The van der Waals surface area contributed by atoms with Gasteiger partial charge in [0.1, 0.15) is 11.6 Å². The Morgan fingerprint density at radius 3 is 2.85 bits per heavy atom. The molecule has 0 radical (unpaired) electrons. The maximum Gasteiger partial charge on any atom is 0.349 e. The number of nitrogens with two attached hydrogens (primary N) is 1. The van der Waals surface area contributed by atoms with E-state index < -0.39 is 0 Å². The third-order valence-corrected chi connectivity index (χ3v) is 2.96. The molecule has 0 saturated heterocycles. The van der Waals surface area contributed by atoms with Crippen molar-refractivity contribution in [2.45, 2.75) is 13.8 Å². The first-order valence-corrected chi connectivity index (χ1v) is 6.03. The molecule has 2 aromatic heterocycles. The molecule has 3 aromatic rings. The lowest BCUT2D eigenvalue weighted by Crippen LogP contribution is -2.13. The Kier molecular flexibility index (Phi) is 2.67. The monoisotopic (exact) mass is 271 g/mol. The number of H-pyrrole nitrogens is 1. The zero-order valence-electron chi connectivity index (χ0n) is 11.0. The van der Waals surface area contributed by atoms with Gasteiger partial charge in [0.15, 0.2) is 5.65 Å². The smallest absolute Gasteiger partial charge is 0.349 e. The molecule has 3 N–H and O–H groups in total. The van der Waals surface area contributed by atoms with Crippen LogP contribution in [0.3, 0.4) is 0 Å². The zero-order valence-corrected chi connectivity index (χ0v) is 11.0. The van der Waals surface area contributed by atoms with Gasteiger partial charge in [-0.05, 0) is 37.6 Å². The van der Waals surface area contributed by atoms with Crippen molar-refractivity contribution in [2.24, 2.45) is 0 Å². The number of benzene rings is 1. The molecule has 0 aliphatic carbocycles. The van der Waals surface area contributed by atoms with E-state index in [0.29, 0.717) is 28.8 Å². The Labute approximate surface area is 114 Å². The lowest BCUT2D eigenvalue weighted by Gasteiger charge is -2.09. The van der Waals surface area contributed by atoms with Gasteiger partial charge in [-0.3, -0.25) is 0 Å². The van der Waals surface area contributed by atoms with Gasteiger partial charge in [0.25, 0.3) is 0 Å². The Morgan fingerprint density at radius 1 is 1.30 bits per heavy atom. The molecule has 7 nitrogen and oxygen atoms in total. The van der Waals surface area contributed by atoms with E-state index in [1.165, 1.54) is 4.40 Å². The molecule has 20 heavy (non-hydrogen) atoms. The van der Waals surface area contributed by atoms with Gasteiger partial charge in [-0.15, -0.1) is 0 Å². The van der Waals surface area contributed by atoms with Crippen molar-refractivity contribution in [3.63, 3.8) is 0 Å². The van der Waals surface area contributed by atoms with Crippen molar-refractivity contribution < 1.29 is 4.74 Å². The highest BCUT2D eigenvalue weighted by atomic mass is 16.5. The number of ether oxygens (including phenoxy) is 1. The first kappa shape index (κ1) is 12.2. The van der Waals surface area contributed by atoms with Crippen LogP contribution in [-0.4, -0.2) is 19.6 Å².